The number of nitrogens with one attached hydrogen (secondary N) is 1. The van der Waals surface area contributed by atoms with Gasteiger partial charge in [-0.3, -0.25) is 5.41 Å². The van der Waals surface area contributed by atoms with Crippen molar-refractivity contribution in [3.63, 3.8) is 0 Å². The van der Waals surface area contributed by atoms with Gasteiger partial charge in [-0.05, 0) is 12.0 Å². The average Bonchev–Trinajstić information content (AvgIpc) is 2.76. The van der Waals surface area contributed by atoms with Crippen molar-refractivity contribution in [3.05, 3.63) is 52.0 Å². The Kier molecular flexibility index (Phi) is 3.31. The Morgan fingerprint density at radius 1 is 1.25 bits per heavy atom. The number of aryl methyl sites for hydroxylation is 2. The molecule has 0 spiro atoms. The van der Waals surface area contributed by atoms with Gasteiger partial charge in [-0.25, -0.2) is 4.98 Å². The molecule has 0 bridgehead atoms. The summed E-state index contributed by atoms with van der Waals surface area (Å²) < 4.78 is 0. The van der Waals surface area contributed by atoms with Crippen LogP contribution in [0.25, 0.3) is 0 Å². The van der Waals surface area contributed by atoms with E-state index in [-0.39, 0.29) is 5.84 Å². The maximum Gasteiger partial charge on any atom is 0.142 e. The lowest BCUT2D eigenvalue weighted by molar-refractivity contribution is 0.941. The van der Waals surface area contributed by atoms with Crippen LogP contribution in [0.5, 0.6) is 0 Å². The Bertz CT molecular complexity index is 476. The first-order valence-corrected chi connectivity index (χ1v) is 5.96. The van der Waals surface area contributed by atoms with Crippen molar-refractivity contribution in [3.8, 4) is 0 Å². The second kappa shape index (κ2) is 4.90. The zero-order valence-corrected chi connectivity index (χ0v) is 9.63. The van der Waals surface area contributed by atoms with Gasteiger partial charge >= 0.3 is 0 Å². The van der Waals surface area contributed by atoms with Crippen LogP contribution in [0, 0.1) is 5.41 Å². The van der Waals surface area contributed by atoms with Gasteiger partial charge in [-0.1, -0.05) is 30.3 Å². The van der Waals surface area contributed by atoms with E-state index in [0.717, 1.165) is 17.8 Å². The topological polar surface area (TPSA) is 62.8 Å². The van der Waals surface area contributed by atoms with Crippen molar-refractivity contribution in [1.82, 2.24) is 4.98 Å². The molecule has 0 aliphatic carbocycles. The maximum atomic E-state index is 7.27. The molecule has 82 valence electrons. The molecular formula is C12H13N3S. The minimum absolute atomic E-state index is 0.0437. The standard InChI is InChI=1S/C12H13N3S/c13-12(14)10-8-16-11(15-10)7-6-9-4-2-1-3-5-9/h1-5,8H,6-7H2,(H3,13,14). The highest BCUT2D eigenvalue weighted by atomic mass is 32.1. The lowest BCUT2D eigenvalue weighted by atomic mass is 10.1. The normalized spacial score (nSPS) is 10.2. The molecule has 0 atom stereocenters. The van der Waals surface area contributed by atoms with Crippen LogP contribution < -0.4 is 5.73 Å². The minimum atomic E-state index is 0.0437. The summed E-state index contributed by atoms with van der Waals surface area (Å²) in [6, 6.07) is 10.3. The highest BCUT2D eigenvalue weighted by Gasteiger charge is 2.04. The van der Waals surface area contributed by atoms with Crippen LogP contribution in [0.4, 0.5) is 0 Å². The van der Waals surface area contributed by atoms with Crippen molar-refractivity contribution < 1.29 is 0 Å². The second-order valence-electron chi connectivity index (χ2n) is 3.53. The van der Waals surface area contributed by atoms with Crippen molar-refractivity contribution >= 4 is 17.2 Å². The van der Waals surface area contributed by atoms with Crippen LogP contribution >= 0.6 is 11.3 Å². The molecule has 4 heteroatoms. The molecule has 0 saturated carbocycles. The number of hydrogen-bond donors (Lipinski definition) is 2. The number of aromatic nitrogens is 1. The molecule has 3 N–H and O–H groups in total. The molecule has 1 heterocycles. The van der Waals surface area contributed by atoms with Gasteiger partial charge in [0.05, 0.1) is 5.01 Å². The molecule has 2 aromatic rings. The number of benzene rings is 1. The summed E-state index contributed by atoms with van der Waals surface area (Å²) in [4.78, 5) is 4.29. The third-order valence-corrected chi connectivity index (χ3v) is 3.21. The van der Waals surface area contributed by atoms with Gasteiger partial charge in [0.25, 0.3) is 0 Å². The molecule has 0 aliphatic rings. The molecule has 16 heavy (non-hydrogen) atoms. The predicted octanol–water partition coefficient (Wildman–Crippen LogP) is 2.21. The van der Waals surface area contributed by atoms with E-state index in [1.54, 1.807) is 11.3 Å². The van der Waals surface area contributed by atoms with E-state index < -0.39 is 0 Å². The first-order chi connectivity index (χ1) is 7.75. The number of nitrogens with zero attached hydrogens (tertiary/aromatic N) is 1. The summed E-state index contributed by atoms with van der Waals surface area (Å²) in [7, 11) is 0. The number of rotatable bonds is 4. The van der Waals surface area contributed by atoms with Crippen molar-refractivity contribution in [2.24, 2.45) is 5.73 Å². The van der Waals surface area contributed by atoms with Crippen molar-refractivity contribution in [2.45, 2.75) is 12.8 Å². The van der Waals surface area contributed by atoms with Gasteiger partial charge in [0.1, 0.15) is 11.5 Å². The molecule has 2 rings (SSSR count). The number of nitrogen functional groups attached to an aromatic ring is 1. The summed E-state index contributed by atoms with van der Waals surface area (Å²) in [5, 5.41) is 10.1. The first kappa shape index (κ1) is 10.8. The van der Waals surface area contributed by atoms with E-state index in [4.69, 9.17) is 11.1 Å². The Morgan fingerprint density at radius 2 is 2.00 bits per heavy atom. The Balaban J connectivity index is 1.97. The van der Waals surface area contributed by atoms with Gasteiger partial charge < -0.3 is 5.73 Å². The molecule has 1 aromatic carbocycles. The summed E-state index contributed by atoms with van der Waals surface area (Å²) in [5.74, 6) is 0.0437. The molecule has 0 saturated heterocycles. The molecule has 0 unspecified atom stereocenters. The van der Waals surface area contributed by atoms with Gasteiger partial charge in [0.2, 0.25) is 0 Å². The molecule has 0 radical (unpaired) electrons. The Morgan fingerprint density at radius 3 is 2.62 bits per heavy atom. The van der Waals surface area contributed by atoms with Crippen LogP contribution in [0.15, 0.2) is 35.7 Å². The molecule has 3 nitrogen and oxygen atoms in total. The van der Waals surface area contributed by atoms with Crippen LogP contribution in [0.2, 0.25) is 0 Å². The van der Waals surface area contributed by atoms with E-state index in [2.05, 4.69) is 17.1 Å². The van der Waals surface area contributed by atoms with Crippen LogP contribution in [-0.2, 0) is 12.8 Å². The average molecular weight is 231 g/mol. The van der Waals surface area contributed by atoms with E-state index in [9.17, 15) is 0 Å². The zero-order chi connectivity index (χ0) is 11.4. The van der Waals surface area contributed by atoms with E-state index in [1.165, 1.54) is 5.56 Å². The zero-order valence-electron chi connectivity index (χ0n) is 8.81. The summed E-state index contributed by atoms with van der Waals surface area (Å²) in [6.45, 7) is 0. The summed E-state index contributed by atoms with van der Waals surface area (Å²) in [5.41, 5.74) is 7.26. The third kappa shape index (κ3) is 2.67. The molecule has 0 aliphatic heterocycles. The largest absolute Gasteiger partial charge is 0.382 e. The summed E-state index contributed by atoms with van der Waals surface area (Å²) >= 11 is 1.57. The number of nitrogens with two attached hydrogens (primary N) is 1. The van der Waals surface area contributed by atoms with Crippen LogP contribution in [0.1, 0.15) is 16.3 Å². The third-order valence-electron chi connectivity index (χ3n) is 2.30. The summed E-state index contributed by atoms with van der Waals surface area (Å²) in [6.07, 6.45) is 1.88. The first-order valence-electron chi connectivity index (χ1n) is 5.08. The van der Waals surface area contributed by atoms with Crippen LogP contribution in [0.3, 0.4) is 0 Å². The predicted molar refractivity (Wildman–Crippen MR) is 67.0 cm³/mol. The van der Waals surface area contributed by atoms with Gasteiger partial charge in [0, 0.05) is 11.8 Å². The van der Waals surface area contributed by atoms with Crippen molar-refractivity contribution in [1.29, 1.82) is 5.41 Å². The highest BCUT2D eigenvalue weighted by molar-refractivity contribution is 7.09. The molecule has 0 amide bonds. The van der Waals surface area contributed by atoms with E-state index in [1.807, 2.05) is 23.6 Å². The maximum absolute atomic E-state index is 7.27. The van der Waals surface area contributed by atoms with Crippen molar-refractivity contribution in [2.75, 3.05) is 0 Å². The Labute approximate surface area is 98.5 Å². The fourth-order valence-electron chi connectivity index (χ4n) is 1.45. The fourth-order valence-corrected chi connectivity index (χ4v) is 2.24. The lowest BCUT2D eigenvalue weighted by Gasteiger charge is -1.97. The van der Waals surface area contributed by atoms with Gasteiger partial charge in [-0.2, -0.15) is 0 Å². The van der Waals surface area contributed by atoms with Gasteiger partial charge in [0.15, 0.2) is 0 Å². The number of thiazole rings is 1. The minimum Gasteiger partial charge on any atom is -0.382 e. The second-order valence-corrected chi connectivity index (χ2v) is 4.47. The highest BCUT2D eigenvalue weighted by Crippen LogP contribution is 2.12. The smallest absolute Gasteiger partial charge is 0.142 e. The number of amidine groups is 1. The molecule has 1 aromatic heterocycles. The van der Waals surface area contributed by atoms with Crippen LogP contribution in [-0.4, -0.2) is 10.8 Å². The van der Waals surface area contributed by atoms with E-state index >= 15 is 0 Å². The fraction of sp³-hybridized carbons (Fsp3) is 0.167. The van der Waals surface area contributed by atoms with Gasteiger partial charge in [-0.15, -0.1) is 11.3 Å². The molecule has 0 fully saturated rings. The SMILES string of the molecule is N=C(N)c1csc(CCc2ccccc2)n1. The quantitative estimate of drug-likeness (QED) is 0.626. The monoisotopic (exact) mass is 231 g/mol. The number of hydrogen-bond acceptors (Lipinski definition) is 3. The lowest BCUT2D eigenvalue weighted by Crippen LogP contribution is -2.11. The molecular weight excluding hydrogens is 218 g/mol. The van der Waals surface area contributed by atoms with E-state index in [0.29, 0.717) is 5.69 Å². The Hall–Kier alpha value is -1.68.